The zero-order valence-electron chi connectivity index (χ0n) is 9.63. The summed E-state index contributed by atoms with van der Waals surface area (Å²) in [5.41, 5.74) is 1.51. The second-order valence-electron chi connectivity index (χ2n) is 4.06. The van der Waals surface area contributed by atoms with Gasteiger partial charge in [-0.3, -0.25) is 0 Å². The second-order valence-corrected chi connectivity index (χ2v) is 4.06. The Labute approximate surface area is 88.5 Å². The van der Waals surface area contributed by atoms with Crippen LogP contribution in [0.25, 0.3) is 0 Å². The topological polar surface area (TPSA) is 3.24 Å². The van der Waals surface area contributed by atoms with Crippen LogP contribution in [0.2, 0.25) is 0 Å². The highest BCUT2D eigenvalue weighted by Gasteiger charge is 2.03. The van der Waals surface area contributed by atoms with Gasteiger partial charge in [-0.1, -0.05) is 38.8 Å². The molecule has 0 saturated heterocycles. The molecule has 0 aliphatic carbocycles. The predicted octanol–water partition coefficient (Wildman–Crippen LogP) is 3.73. The molecular weight excluding hydrogens is 170 g/mol. The molecule has 0 aromatic heterocycles. The molecule has 0 radical (unpaired) electrons. The lowest BCUT2D eigenvalue weighted by atomic mass is 10.1. The fourth-order valence-electron chi connectivity index (χ4n) is 1.72. The molecule has 0 spiro atoms. The van der Waals surface area contributed by atoms with Crippen LogP contribution >= 0.6 is 0 Å². The van der Waals surface area contributed by atoms with E-state index in [9.17, 15) is 0 Å². The lowest BCUT2D eigenvalue weighted by Crippen LogP contribution is -2.21. The summed E-state index contributed by atoms with van der Waals surface area (Å²) >= 11 is 0. The normalized spacial score (nSPS) is 15.9. The molecule has 1 heteroatoms. The third-order valence-corrected chi connectivity index (χ3v) is 2.64. The maximum absolute atomic E-state index is 2.44. The Morgan fingerprint density at radius 1 is 1.21 bits per heavy atom. The first-order valence-electron chi connectivity index (χ1n) is 5.98. The van der Waals surface area contributed by atoms with E-state index in [1.54, 1.807) is 0 Å². The number of allylic oxidation sites excluding steroid dienone is 2. The van der Waals surface area contributed by atoms with Gasteiger partial charge in [0, 0.05) is 19.3 Å². The van der Waals surface area contributed by atoms with Gasteiger partial charge in [0.05, 0.1) is 0 Å². The molecule has 1 aliphatic heterocycles. The smallest absolute Gasteiger partial charge is 0.0357 e. The van der Waals surface area contributed by atoms with Crippen LogP contribution in [0.15, 0.2) is 23.9 Å². The number of unbranched alkanes of at least 4 members (excludes halogenated alkanes) is 2. The summed E-state index contributed by atoms with van der Waals surface area (Å²) in [4.78, 5) is 2.44. The molecule has 0 aromatic carbocycles. The Kier molecular flexibility index (Phi) is 5.43. The summed E-state index contributed by atoms with van der Waals surface area (Å²) in [6.45, 7) is 6.83. The zero-order valence-corrected chi connectivity index (χ0v) is 9.63. The van der Waals surface area contributed by atoms with Gasteiger partial charge < -0.3 is 4.90 Å². The Bertz CT molecular complexity index is 203. The summed E-state index contributed by atoms with van der Waals surface area (Å²) in [7, 11) is 0. The van der Waals surface area contributed by atoms with Crippen LogP contribution in [-0.4, -0.2) is 18.0 Å². The lowest BCUT2D eigenvalue weighted by Gasteiger charge is -2.23. The van der Waals surface area contributed by atoms with E-state index < -0.39 is 0 Å². The molecule has 0 amide bonds. The maximum Gasteiger partial charge on any atom is 0.0357 e. The number of nitrogens with zero attached hydrogens (tertiary/aromatic N) is 1. The Morgan fingerprint density at radius 2 is 2.00 bits per heavy atom. The molecule has 0 saturated carbocycles. The number of hydrogen-bond acceptors (Lipinski definition) is 1. The van der Waals surface area contributed by atoms with Gasteiger partial charge in [-0.15, -0.1) is 0 Å². The van der Waals surface area contributed by atoms with Crippen molar-refractivity contribution in [1.82, 2.24) is 4.90 Å². The summed E-state index contributed by atoms with van der Waals surface area (Å²) in [5.74, 6) is 0. The van der Waals surface area contributed by atoms with Gasteiger partial charge in [0.25, 0.3) is 0 Å². The van der Waals surface area contributed by atoms with Crippen molar-refractivity contribution in [1.29, 1.82) is 0 Å². The fourth-order valence-corrected chi connectivity index (χ4v) is 1.72. The van der Waals surface area contributed by atoms with Crippen molar-refractivity contribution >= 4 is 0 Å². The number of rotatable bonds is 6. The van der Waals surface area contributed by atoms with Crippen LogP contribution < -0.4 is 0 Å². The van der Waals surface area contributed by atoms with Crippen LogP contribution in [-0.2, 0) is 0 Å². The van der Waals surface area contributed by atoms with E-state index >= 15 is 0 Å². The standard InChI is InChI=1S/C13H23N/c1-3-5-8-13-9-7-11-14(12-13)10-6-4-2/h7,9,12H,3-6,8,10-11H2,1-2H3. The van der Waals surface area contributed by atoms with E-state index in [0.29, 0.717) is 0 Å². The summed E-state index contributed by atoms with van der Waals surface area (Å²) in [5, 5.41) is 0. The van der Waals surface area contributed by atoms with E-state index in [0.717, 1.165) is 6.54 Å². The molecule has 80 valence electrons. The van der Waals surface area contributed by atoms with Crippen LogP contribution in [0.4, 0.5) is 0 Å². The average Bonchev–Trinajstić information content (AvgIpc) is 2.24. The van der Waals surface area contributed by atoms with E-state index in [2.05, 4.69) is 37.1 Å². The lowest BCUT2D eigenvalue weighted by molar-refractivity contribution is 0.396. The minimum absolute atomic E-state index is 1.11. The molecule has 1 rings (SSSR count). The Morgan fingerprint density at radius 3 is 2.71 bits per heavy atom. The van der Waals surface area contributed by atoms with Gasteiger partial charge in [-0.2, -0.15) is 0 Å². The van der Waals surface area contributed by atoms with Crippen LogP contribution in [0.5, 0.6) is 0 Å². The Hall–Kier alpha value is -0.720. The molecular formula is C13H23N. The molecule has 1 aliphatic rings. The molecule has 14 heavy (non-hydrogen) atoms. The quantitative estimate of drug-likeness (QED) is 0.621. The van der Waals surface area contributed by atoms with Crippen LogP contribution in [0.1, 0.15) is 46.0 Å². The van der Waals surface area contributed by atoms with Crippen LogP contribution in [0.3, 0.4) is 0 Å². The molecule has 0 N–H and O–H groups in total. The highest BCUT2D eigenvalue weighted by molar-refractivity contribution is 5.22. The van der Waals surface area contributed by atoms with E-state index in [-0.39, 0.29) is 0 Å². The molecule has 1 heterocycles. The molecule has 0 fully saturated rings. The molecule has 1 nitrogen and oxygen atoms in total. The van der Waals surface area contributed by atoms with Crippen molar-refractivity contribution in [3.63, 3.8) is 0 Å². The third-order valence-electron chi connectivity index (χ3n) is 2.64. The Balaban J connectivity index is 2.33. The SMILES string of the molecule is CCCCC1=CN(CCCC)CC=C1. The summed E-state index contributed by atoms with van der Waals surface area (Å²) in [6, 6.07) is 0. The summed E-state index contributed by atoms with van der Waals surface area (Å²) in [6.07, 6.45) is 13.4. The van der Waals surface area contributed by atoms with Crippen molar-refractivity contribution in [3.05, 3.63) is 23.9 Å². The molecule has 0 unspecified atom stereocenters. The first kappa shape index (κ1) is 11.4. The predicted molar refractivity (Wildman–Crippen MR) is 63.2 cm³/mol. The highest BCUT2D eigenvalue weighted by atomic mass is 15.1. The van der Waals surface area contributed by atoms with Crippen molar-refractivity contribution in [2.45, 2.75) is 46.0 Å². The number of hydrogen-bond donors (Lipinski definition) is 0. The van der Waals surface area contributed by atoms with E-state index in [4.69, 9.17) is 0 Å². The maximum atomic E-state index is 2.44. The highest BCUT2D eigenvalue weighted by Crippen LogP contribution is 2.14. The van der Waals surface area contributed by atoms with Crippen LogP contribution in [0, 0.1) is 0 Å². The van der Waals surface area contributed by atoms with Gasteiger partial charge in [-0.05, 0) is 24.8 Å². The van der Waals surface area contributed by atoms with Crippen molar-refractivity contribution in [2.24, 2.45) is 0 Å². The van der Waals surface area contributed by atoms with E-state index in [1.807, 2.05) is 0 Å². The summed E-state index contributed by atoms with van der Waals surface area (Å²) < 4.78 is 0. The molecule has 0 bridgehead atoms. The van der Waals surface area contributed by atoms with E-state index in [1.165, 1.54) is 44.2 Å². The molecule has 0 atom stereocenters. The molecule has 0 aromatic rings. The second kappa shape index (κ2) is 6.69. The fraction of sp³-hybridized carbons (Fsp3) is 0.692. The van der Waals surface area contributed by atoms with Gasteiger partial charge in [-0.25, -0.2) is 0 Å². The zero-order chi connectivity index (χ0) is 10.2. The van der Waals surface area contributed by atoms with Crippen molar-refractivity contribution < 1.29 is 0 Å². The largest absolute Gasteiger partial charge is 0.373 e. The first-order valence-corrected chi connectivity index (χ1v) is 5.98. The first-order chi connectivity index (χ1) is 6.86. The van der Waals surface area contributed by atoms with Crippen molar-refractivity contribution in [2.75, 3.05) is 13.1 Å². The monoisotopic (exact) mass is 193 g/mol. The van der Waals surface area contributed by atoms with Gasteiger partial charge in [0.1, 0.15) is 0 Å². The van der Waals surface area contributed by atoms with Gasteiger partial charge in [0.2, 0.25) is 0 Å². The minimum Gasteiger partial charge on any atom is -0.373 e. The minimum atomic E-state index is 1.11. The van der Waals surface area contributed by atoms with Gasteiger partial charge >= 0.3 is 0 Å². The van der Waals surface area contributed by atoms with Gasteiger partial charge in [0.15, 0.2) is 0 Å². The average molecular weight is 193 g/mol. The third kappa shape index (κ3) is 3.99. The van der Waals surface area contributed by atoms with Crippen molar-refractivity contribution in [3.8, 4) is 0 Å².